The monoisotopic (exact) mass is 230 g/mol. The minimum absolute atomic E-state index is 0.119. The zero-order chi connectivity index (χ0) is 12.1. The summed E-state index contributed by atoms with van der Waals surface area (Å²) in [5.41, 5.74) is 3.20. The molecule has 0 aliphatic heterocycles. The van der Waals surface area contributed by atoms with E-state index >= 15 is 0 Å². The van der Waals surface area contributed by atoms with Crippen LogP contribution in [0.5, 0.6) is 0 Å². The fraction of sp³-hybridized carbons (Fsp3) is 0.357. The van der Waals surface area contributed by atoms with E-state index in [4.69, 9.17) is 4.42 Å². The molecule has 0 aliphatic rings. The second-order valence-electron chi connectivity index (χ2n) is 4.15. The van der Waals surface area contributed by atoms with Crippen molar-refractivity contribution in [2.75, 3.05) is 6.54 Å². The summed E-state index contributed by atoms with van der Waals surface area (Å²) in [6.45, 7) is 5.13. The van der Waals surface area contributed by atoms with Crippen molar-refractivity contribution < 1.29 is 4.42 Å². The maximum Gasteiger partial charge on any atom is 0.0954 e. The van der Waals surface area contributed by atoms with Gasteiger partial charge < -0.3 is 9.73 Å². The van der Waals surface area contributed by atoms with Gasteiger partial charge in [-0.1, -0.05) is 13.0 Å². The average Bonchev–Trinajstić information content (AvgIpc) is 2.83. The minimum atomic E-state index is 0.119. The van der Waals surface area contributed by atoms with Crippen LogP contribution in [0.3, 0.4) is 0 Å². The molecule has 3 heteroatoms. The number of furan rings is 1. The van der Waals surface area contributed by atoms with Crippen LogP contribution in [0.25, 0.3) is 0 Å². The van der Waals surface area contributed by atoms with Crippen molar-refractivity contribution in [1.29, 1.82) is 0 Å². The molecule has 3 nitrogen and oxygen atoms in total. The van der Waals surface area contributed by atoms with Crippen LogP contribution in [-0.4, -0.2) is 11.5 Å². The standard InChI is InChI=1S/C14H18N2O/c1-3-8-15-14(12-7-9-17-10-12)13-6-4-5-11(2)16-13/h4-7,9-10,14-15H,3,8H2,1-2H3. The highest BCUT2D eigenvalue weighted by Crippen LogP contribution is 2.20. The molecule has 2 aromatic heterocycles. The maximum atomic E-state index is 5.16. The Morgan fingerprint density at radius 3 is 2.88 bits per heavy atom. The van der Waals surface area contributed by atoms with Gasteiger partial charge >= 0.3 is 0 Å². The van der Waals surface area contributed by atoms with E-state index in [1.165, 1.54) is 0 Å². The van der Waals surface area contributed by atoms with Crippen LogP contribution >= 0.6 is 0 Å². The highest BCUT2D eigenvalue weighted by Gasteiger charge is 2.15. The first-order valence-electron chi connectivity index (χ1n) is 6.00. The number of nitrogens with zero attached hydrogens (tertiary/aromatic N) is 1. The largest absolute Gasteiger partial charge is 0.472 e. The molecule has 1 N–H and O–H groups in total. The van der Waals surface area contributed by atoms with Crippen LogP contribution in [0.2, 0.25) is 0 Å². The molecule has 0 aromatic carbocycles. The van der Waals surface area contributed by atoms with E-state index in [9.17, 15) is 0 Å². The fourth-order valence-corrected chi connectivity index (χ4v) is 1.85. The summed E-state index contributed by atoms with van der Waals surface area (Å²) in [5.74, 6) is 0. The molecule has 1 atom stereocenters. The smallest absolute Gasteiger partial charge is 0.0954 e. The fourth-order valence-electron chi connectivity index (χ4n) is 1.85. The lowest BCUT2D eigenvalue weighted by atomic mass is 10.1. The molecule has 0 radical (unpaired) electrons. The second kappa shape index (κ2) is 5.64. The number of hydrogen-bond donors (Lipinski definition) is 1. The summed E-state index contributed by atoms with van der Waals surface area (Å²) in [6, 6.07) is 8.20. The predicted molar refractivity (Wildman–Crippen MR) is 67.8 cm³/mol. The topological polar surface area (TPSA) is 38.1 Å². The molecule has 0 spiro atoms. The highest BCUT2D eigenvalue weighted by atomic mass is 16.3. The summed E-state index contributed by atoms with van der Waals surface area (Å²) in [7, 11) is 0. The number of aromatic nitrogens is 1. The summed E-state index contributed by atoms with van der Waals surface area (Å²) < 4.78 is 5.16. The Kier molecular flexibility index (Phi) is 3.94. The van der Waals surface area contributed by atoms with Crippen molar-refractivity contribution in [3.8, 4) is 0 Å². The zero-order valence-electron chi connectivity index (χ0n) is 10.3. The first kappa shape index (κ1) is 11.9. The molecule has 0 fully saturated rings. The Hall–Kier alpha value is -1.61. The van der Waals surface area contributed by atoms with Crippen molar-refractivity contribution in [3.63, 3.8) is 0 Å². The van der Waals surface area contributed by atoms with Crippen LogP contribution in [0.4, 0.5) is 0 Å². The molecule has 0 bridgehead atoms. The summed E-state index contributed by atoms with van der Waals surface area (Å²) in [6.07, 6.45) is 4.57. The van der Waals surface area contributed by atoms with Crippen molar-refractivity contribution in [2.45, 2.75) is 26.3 Å². The van der Waals surface area contributed by atoms with E-state index in [0.717, 1.165) is 29.9 Å². The van der Waals surface area contributed by atoms with E-state index < -0.39 is 0 Å². The van der Waals surface area contributed by atoms with Crippen LogP contribution in [0.1, 0.15) is 36.3 Å². The van der Waals surface area contributed by atoms with Crippen molar-refractivity contribution in [2.24, 2.45) is 0 Å². The van der Waals surface area contributed by atoms with Crippen LogP contribution < -0.4 is 5.32 Å². The molecule has 0 saturated heterocycles. The Balaban J connectivity index is 2.27. The Morgan fingerprint density at radius 1 is 1.35 bits per heavy atom. The summed E-state index contributed by atoms with van der Waals surface area (Å²) >= 11 is 0. The number of aryl methyl sites for hydroxylation is 1. The molecule has 17 heavy (non-hydrogen) atoms. The number of pyridine rings is 1. The molecule has 1 unspecified atom stereocenters. The number of rotatable bonds is 5. The molecule has 2 aromatic rings. The van der Waals surface area contributed by atoms with Crippen molar-refractivity contribution in [1.82, 2.24) is 10.3 Å². The molecule has 2 rings (SSSR count). The first-order valence-corrected chi connectivity index (χ1v) is 6.00. The quantitative estimate of drug-likeness (QED) is 0.857. The van der Waals surface area contributed by atoms with Crippen LogP contribution in [0, 0.1) is 6.92 Å². The van der Waals surface area contributed by atoms with E-state index in [0.29, 0.717) is 0 Å². The zero-order valence-corrected chi connectivity index (χ0v) is 10.3. The van der Waals surface area contributed by atoms with E-state index in [1.54, 1.807) is 12.5 Å². The van der Waals surface area contributed by atoms with Crippen LogP contribution in [-0.2, 0) is 0 Å². The third-order valence-corrected chi connectivity index (χ3v) is 2.68. The molecular weight excluding hydrogens is 212 g/mol. The van der Waals surface area contributed by atoms with Gasteiger partial charge in [0.1, 0.15) is 0 Å². The van der Waals surface area contributed by atoms with Crippen LogP contribution in [0.15, 0.2) is 41.2 Å². The first-order chi connectivity index (χ1) is 8.31. The predicted octanol–water partition coefficient (Wildman–Crippen LogP) is 3.07. The molecule has 0 saturated carbocycles. The average molecular weight is 230 g/mol. The van der Waals surface area contributed by atoms with Gasteiger partial charge in [0.2, 0.25) is 0 Å². The summed E-state index contributed by atoms with van der Waals surface area (Å²) in [5, 5.41) is 3.49. The van der Waals surface area contributed by atoms with Gasteiger partial charge in [-0.3, -0.25) is 4.98 Å². The SMILES string of the molecule is CCCNC(c1ccoc1)c1cccc(C)n1. The van der Waals surface area contributed by atoms with Gasteiger partial charge in [0.05, 0.1) is 24.3 Å². The Morgan fingerprint density at radius 2 is 2.24 bits per heavy atom. The molecule has 0 aliphatic carbocycles. The molecular formula is C14H18N2O. The Bertz CT molecular complexity index is 451. The third kappa shape index (κ3) is 2.94. The normalized spacial score (nSPS) is 12.6. The molecule has 90 valence electrons. The van der Waals surface area contributed by atoms with E-state index in [1.807, 2.05) is 31.2 Å². The second-order valence-corrected chi connectivity index (χ2v) is 4.15. The highest BCUT2D eigenvalue weighted by molar-refractivity contribution is 5.25. The van der Waals surface area contributed by atoms with Gasteiger partial charge in [-0.15, -0.1) is 0 Å². The number of hydrogen-bond acceptors (Lipinski definition) is 3. The third-order valence-electron chi connectivity index (χ3n) is 2.68. The lowest BCUT2D eigenvalue weighted by Gasteiger charge is -2.16. The van der Waals surface area contributed by atoms with Gasteiger partial charge in [0.25, 0.3) is 0 Å². The van der Waals surface area contributed by atoms with E-state index in [2.05, 4.69) is 17.2 Å². The molecule has 0 amide bonds. The van der Waals surface area contributed by atoms with Crippen molar-refractivity contribution in [3.05, 3.63) is 53.7 Å². The molecule has 2 heterocycles. The lowest BCUT2D eigenvalue weighted by Crippen LogP contribution is -2.23. The van der Waals surface area contributed by atoms with Gasteiger partial charge in [-0.25, -0.2) is 0 Å². The van der Waals surface area contributed by atoms with Gasteiger partial charge in [-0.05, 0) is 38.1 Å². The van der Waals surface area contributed by atoms with Crippen molar-refractivity contribution >= 4 is 0 Å². The minimum Gasteiger partial charge on any atom is -0.472 e. The number of nitrogens with one attached hydrogen (secondary N) is 1. The maximum absolute atomic E-state index is 5.16. The van der Waals surface area contributed by atoms with E-state index in [-0.39, 0.29) is 6.04 Å². The Labute approximate surface area is 102 Å². The van der Waals surface area contributed by atoms with Gasteiger partial charge in [-0.2, -0.15) is 0 Å². The van der Waals surface area contributed by atoms with Gasteiger partial charge in [0.15, 0.2) is 0 Å². The lowest BCUT2D eigenvalue weighted by molar-refractivity contribution is 0.544. The van der Waals surface area contributed by atoms with Gasteiger partial charge in [0, 0.05) is 11.3 Å². The summed E-state index contributed by atoms with van der Waals surface area (Å²) in [4.78, 5) is 4.58.